The first-order valence-corrected chi connectivity index (χ1v) is 17.2. The Morgan fingerprint density at radius 1 is 0.784 bits per heavy atom. The van der Waals surface area contributed by atoms with Crippen LogP contribution in [0, 0.1) is 11.8 Å². The smallest absolute Gasteiger partial charge is 0.245 e. The summed E-state index contributed by atoms with van der Waals surface area (Å²) in [5.74, 6) is 3.16. The number of nitrogens with one attached hydrogen (secondary N) is 1. The molecule has 0 spiro atoms. The third-order valence-electron chi connectivity index (χ3n) is 9.70. The van der Waals surface area contributed by atoms with Crippen LogP contribution < -0.4 is 14.8 Å². The summed E-state index contributed by atoms with van der Waals surface area (Å²) in [6.45, 7) is 9.82. The normalized spacial score (nSPS) is 18.0. The molecule has 2 saturated heterocycles. The third-order valence-corrected chi connectivity index (χ3v) is 9.70. The van der Waals surface area contributed by atoms with Gasteiger partial charge in [-0.15, -0.1) is 0 Å². The van der Waals surface area contributed by atoms with Crippen molar-refractivity contribution in [2.24, 2.45) is 21.8 Å². The average molecular weight is 687 g/mol. The van der Waals surface area contributed by atoms with E-state index in [4.69, 9.17) is 9.47 Å². The molecule has 2 fully saturated rings. The summed E-state index contributed by atoms with van der Waals surface area (Å²) in [7, 11) is 0. The summed E-state index contributed by atoms with van der Waals surface area (Å²) in [6.07, 6.45) is 7.26. The molecule has 0 aromatic heterocycles. The number of hydrogen-bond donors (Lipinski definition) is 3. The first-order valence-electron chi connectivity index (χ1n) is 17.2. The van der Waals surface area contributed by atoms with E-state index in [1.165, 1.54) is 18.1 Å². The third kappa shape index (κ3) is 8.32. The minimum atomic E-state index is -0.0140. The summed E-state index contributed by atoms with van der Waals surface area (Å²) in [4.78, 5) is 22.3. The molecule has 51 heavy (non-hydrogen) atoms. The molecule has 4 aromatic rings. The molecule has 4 aliphatic rings. The Kier molecular flexibility index (Phi) is 11.2. The number of phenolic OH excluding ortho intramolecular Hbond substituents is 2. The SMILES string of the molecule is C.C=CC(=O)N1CCC(COc2cc(-c3ccc(O)cc3)cc3c2C=NC3)C1.Oc1ccc(-c2cc3c(c(OCC4CCNC4)c2)C=NC3)cc1. The predicted octanol–water partition coefficient (Wildman–Crippen LogP) is 7.02. The van der Waals surface area contributed by atoms with E-state index in [-0.39, 0.29) is 24.8 Å². The molecule has 9 heteroatoms. The van der Waals surface area contributed by atoms with E-state index >= 15 is 0 Å². The first kappa shape index (κ1) is 35.4. The molecule has 2 unspecified atom stereocenters. The summed E-state index contributed by atoms with van der Waals surface area (Å²) >= 11 is 0. The van der Waals surface area contributed by atoms with E-state index in [9.17, 15) is 15.0 Å². The Bertz CT molecular complexity index is 1910. The maximum Gasteiger partial charge on any atom is 0.245 e. The molecule has 4 aliphatic heterocycles. The molecule has 0 radical (unpaired) electrons. The lowest BCUT2D eigenvalue weighted by Crippen LogP contribution is -2.27. The van der Waals surface area contributed by atoms with Crippen molar-refractivity contribution < 1.29 is 24.5 Å². The van der Waals surface area contributed by atoms with Gasteiger partial charge in [0.25, 0.3) is 0 Å². The van der Waals surface area contributed by atoms with E-state index in [2.05, 4.69) is 40.1 Å². The number of phenols is 2. The minimum Gasteiger partial charge on any atom is -0.508 e. The lowest BCUT2D eigenvalue weighted by molar-refractivity contribution is -0.125. The van der Waals surface area contributed by atoms with Crippen molar-refractivity contribution in [2.75, 3.05) is 39.4 Å². The van der Waals surface area contributed by atoms with E-state index in [1.807, 2.05) is 47.7 Å². The monoisotopic (exact) mass is 686 g/mol. The molecular weight excluding hydrogens is 640 g/mol. The lowest BCUT2D eigenvalue weighted by atomic mass is 9.99. The van der Waals surface area contributed by atoms with Gasteiger partial charge in [0, 0.05) is 55.0 Å². The molecule has 9 nitrogen and oxygen atoms in total. The number of aliphatic imine (C=N–C) groups is 2. The quantitative estimate of drug-likeness (QED) is 0.163. The maximum absolute atomic E-state index is 11.7. The molecule has 4 heterocycles. The van der Waals surface area contributed by atoms with Crippen molar-refractivity contribution >= 4 is 18.3 Å². The summed E-state index contributed by atoms with van der Waals surface area (Å²) < 4.78 is 12.3. The highest BCUT2D eigenvalue weighted by Gasteiger charge is 2.26. The zero-order chi connectivity index (χ0) is 34.5. The van der Waals surface area contributed by atoms with Crippen LogP contribution in [0.3, 0.4) is 0 Å². The van der Waals surface area contributed by atoms with Gasteiger partial charge in [-0.2, -0.15) is 0 Å². The minimum absolute atomic E-state index is 0. The topological polar surface area (TPSA) is 116 Å². The molecular formula is C42H46N4O5. The van der Waals surface area contributed by atoms with Gasteiger partial charge in [0.1, 0.15) is 23.0 Å². The van der Waals surface area contributed by atoms with E-state index in [0.29, 0.717) is 38.1 Å². The number of amides is 1. The second-order valence-corrected chi connectivity index (χ2v) is 13.3. The van der Waals surface area contributed by atoms with Crippen LogP contribution in [0.25, 0.3) is 22.3 Å². The molecule has 2 atom stereocenters. The van der Waals surface area contributed by atoms with Crippen molar-refractivity contribution in [2.45, 2.75) is 33.4 Å². The highest BCUT2D eigenvalue weighted by atomic mass is 16.5. The van der Waals surface area contributed by atoms with Crippen LogP contribution in [-0.4, -0.2) is 72.8 Å². The second-order valence-electron chi connectivity index (χ2n) is 13.3. The fraction of sp³-hybridized carbons (Fsp3) is 0.310. The Morgan fingerprint density at radius 2 is 1.31 bits per heavy atom. The van der Waals surface area contributed by atoms with Gasteiger partial charge in [-0.05, 0) is 107 Å². The summed E-state index contributed by atoms with van der Waals surface area (Å²) in [5, 5.41) is 22.4. The number of ether oxygens (including phenoxy) is 2. The maximum atomic E-state index is 11.7. The van der Waals surface area contributed by atoms with Gasteiger partial charge in [0.15, 0.2) is 0 Å². The molecule has 1 amide bonds. The number of nitrogens with zero attached hydrogens (tertiary/aromatic N) is 3. The number of fused-ring (bicyclic) bond motifs is 2. The van der Waals surface area contributed by atoms with Crippen LogP contribution in [0.4, 0.5) is 0 Å². The Labute approximate surface area is 300 Å². The molecule has 0 aliphatic carbocycles. The molecule has 0 saturated carbocycles. The number of carbonyl (C=O) groups is 1. The molecule has 4 aromatic carbocycles. The van der Waals surface area contributed by atoms with Crippen molar-refractivity contribution in [3.63, 3.8) is 0 Å². The largest absolute Gasteiger partial charge is 0.508 e. The van der Waals surface area contributed by atoms with Gasteiger partial charge >= 0.3 is 0 Å². The fourth-order valence-corrected chi connectivity index (χ4v) is 6.84. The zero-order valence-electron chi connectivity index (χ0n) is 28.1. The van der Waals surface area contributed by atoms with E-state index in [1.54, 1.807) is 24.3 Å². The Hall–Kier alpha value is -5.41. The first-order chi connectivity index (χ1) is 24.4. The Morgan fingerprint density at radius 3 is 1.80 bits per heavy atom. The molecule has 0 bridgehead atoms. The van der Waals surface area contributed by atoms with Crippen molar-refractivity contribution in [1.82, 2.24) is 10.2 Å². The fourth-order valence-electron chi connectivity index (χ4n) is 6.84. The number of rotatable bonds is 9. The number of likely N-dealkylation sites (tertiary alicyclic amines) is 1. The van der Waals surface area contributed by atoms with Crippen LogP contribution in [0.2, 0.25) is 0 Å². The van der Waals surface area contributed by atoms with Crippen LogP contribution in [-0.2, 0) is 17.9 Å². The molecule has 8 rings (SSSR count). The molecule has 264 valence electrons. The number of benzene rings is 4. The number of carbonyl (C=O) groups excluding carboxylic acids is 1. The average Bonchev–Trinajstić information content (AvgIpc) is 3.98. The van der Waals surface area contributed by atoms with E-state index < -0.39 is 0 Å². The van der Waals surface area contributed by atoms with Crippen molar-refractivity contribution in [1.29, 1.82) is 0 Å². The Balaban J connectivity index is 0.000000174. The summed E-state index contributed by atoms with van der Waals surface area (Å²) in [5.41, 5.74) is 8.74. The van der Waals surface area contributed by atoms with Crippen LogP contribution in [0.15, 0.2) is 95.4 Å². The van der Waals surface area contributed by atoms with Gasteiger partial charge < -0.3 is 29.9 Å². The van der Waals surface area contributed by atoms with E-state index in [0.717, 1.165) is 83.1 Å². The van der Waals surface area contributed by atoms with Gasteiger partial charge in [-0.1, -0.05) is 38.3 Å². The number of aromatic hydroxyl groups is 2. The highest BCUT2D eigenvalue weighted by Crippen LogP contribution is 2.35. The van der Waals surface area contributed by atoms with Gasteiger partial charge in [0.05, 0.1) is 26.3 Å². The van der Waals surface area contributed by atoms with Crippen LogP contribution >= 0.6 is 0 Å². The van der Waals surface area contributed by atoms with Gasteiger partial charge in [-0.3, -0.25) is 14.8 Å². The number of hydrogen-bond acceptors (Lipinski definition) is 8. The van der Waals surface area contributed by atoms with Gasteiger partial charge in [0.2, 0.25) is 5.91 Å². The summed E-state index contributed by atoms with van der Waals surface area (Å²) in [6, 6.07) is 22.9. The van der Waals surface area contributed by atoms with Crippen LogP contribution in [0.5, 0.6) is 23.0 Å². The standard InChI is InChI=1S/C22H22N2O3.C19H20N2O2.CH4/c1-2-22(26)24-8-7-15(13-24)14-27-21-10-17(9-18-11-23-12-20(18)21)16-3-5-19(25)6-4-16;22-17-3-1-14(2-4-17)15-7-16-10-21-11-18(16)19(8-15)23-12-13-5-6-20-9-13;/h2-6,9-10,12,15,25H,1,7-8,11,13-14H2;1-4,7-8,11,13,20,22H,5-6,9-10,12H2;1H4. The zero-order valence-corrected chi connectivity index (χ0v) is 28.1. The van der Waals surface area contributed by atoms with Gasteiger partial charge in [-0.25, -0.2) is 0 Å². The second kappa shape index (κ2) is 16.1. The molecule has 3 N–H and O–H groups in total. The van der Waals surface area contributed by atoms with Crippen molar-refractivity contribution in [3.8, 4) is 45.3 Å². The predicted molar refractivity (Wildman–Crippen MR) is 203 cm³/mol. The van der Waals surface area contributed by atoms with Crippen molar-refractivity contribution in [3.05, 3.63) is 108 Å². The van der Waals surface area contributed by atoms with Crippen LogP contribution in [0.1, 0.15) is 42.5 Å². The highest BCUT2D eigenvalue weighted by molar-refractivity contribution is 5.91. The lowest BCUT2D eigenvalue weighted by Gasteiger charge is -2.17.